The van der Waals surface area contributed by atoms with E-state index in [-0.39, 0.29) is 5.56 Å². The van der Waals surface area contributed by atoms with E-state index in [9.17, 15) is 4.79 Å². The summed E-state index contributed by atoms with van der Waals surface area (Å²) in [6, 6.07) is 7.21. The van der Waals surface area contributed by atoms with E-state index in [4.69, 9.17) is 4.52 Å². The first-order valence-electron chi connectivity index (χ1n) is 5.70. The van der Waals surface area contributed by atoms with Gasteiger partial charge in [0.2, 0.25) is 0 Å². The zero-order valence-electron chi connectivity index (χ0n) is 10.1. The lowest BCUT2D eigenvalue weighted by Gasteiger charge is -2.04. The average Bonchev–Trinajstić information content (AvgIpc) is 2.78. The lowest BCUT2D eigenvalue weighted by molar-refractivity contribution is 0.371. The van der Waals surface area contributed by atoms with Crippen LogP contribution in [0.5, 0.6) is 0 Å². The predicted octanol–water partition coefficient (Wildman–Crippen LogP) is 2.50. The maximum absolute atomic E-state index is 12.3. The van der Waals surface area contributed by atoms with Gasteiger partial charge in [-0.05, 0) is 25.1 Å². The Morgan fingerprint density at radius 2 is 2.21 bits per heavy atom. The molecule has 96 valence electrons. The molecule has 5 nitrogen and oxygen atoms in total. The van der Waals surface area contributed by atoms with Gasteiger partial charge in [-0.2, -0.15) is 0 Å². The lowest BCUT2D eigenvalue weighted by Crippen LogP contribution is -2.20. The molecule has 0 aliphatic rings. The van der Waals surface area contributed by atoms with Crippen LogP contribution in [0.1, 0.15) is 11.5 Å². The minimum absolute atomic E-state index is 0.0912. The fourth-order valence-corrected chi connectivity index (χ4v) is 2.25. The Kier molecular flexibility index (Phi) is 2.94. The highest BCUT2D eigenvalue weighted by Gasteiger charge is 2.07. The minimum atomic E-state index is -0.0912. The van der Waals surface area contributed by atoms with Gasteiger partial charge in [0.05, 0.1) is 29.5 Å². The Balaban J connectivity index is 2.08. The quantitative estimate of drug-likeness (QED) is 0.728. The molecule has 0 fully saturated rings. The van der Waals surface area contributed by atoms with Gasteiger partial charge >= 0.3 is 0 Å². The van der Waals surface area contributed by atoms with E-state index in [1.807, 2.05) is 19.1 Å². The van der Waals surface area contributed by atoms with Gasteiger partial charge in [0.1, 0.15) is 0 Å². The van der Waals surface area contributed by atoms with Gasteiger partial charge in [0.15, 0.2) is 5.76 Å². The number of aryl methyl sites for hydroxylation is 1. The molecule has 0 N–H and O–H groups in total. The van der Waals surface area contributed by atoms with E-state index >= 15 is 0 Å². The molecule has 0 amide bonds. The van der Waals surface area contributed by atoms with Crippen LogP contribution >= 0.6 is 15.9 Å². The summed E-state index contributed by atoms with van der Waals surface area (Å²) in [4.78, 5) is 16.6. The fraction of sp³-hybridized carbons (Fsp3) is 0.154. The Morgan fingerprint density at radius 3 is 2.95 bits per heavy atom. The van der Waals surface area contributed by atoms with Crippen molar-refractivity contribution < 1.29 is 4.52 Å². The molecule has 1 aromatic carbocycles. The largest absolute Gasteiger partial charge is 0.359 e. The summed E-state index contributed by atoms with van der Waals surface area (Å²) in [6.45, 7) is 2.17. The van der Waals surface area contributed by atoms with Crippen molar-refractivity contribution in [2.75, 3.05) is 0 Å². The molecule has 6 heteroatoms. The Morgan fingerprint density at radius 1 is 1.37 bits per heavy atom. The average molecular weight is 320 g/mol. The van der Waals surface area contributed by atoms with Crippen LogP contribution in [0.3, 0.4) is 0 Å². The zero-order valence-corrected chi connectivity index (χ0v) is 11.7. The number of hydrogen-bond donors (Lipinski definition) is 0. The van der Waals surface area contributed by atoms with Gasteiger partial charge in [-0.1, -0.05) is 21.1 Å². The molecule has 0 unspecified atom stereocenters. The van der Waals surface area contributed by atoms with Crippen LogP contribution in [-0.2, 0) is 6.54 Å². The van der Waals surface area contributed by atoms with Gasteiger partial charge in [-0.15, -0.1) is 0 Å². The Hall–Kier alpha value is -1.95. The summed E-state index contributed by atoms with van der Waals surface area (Å²) in [5.41, 5.74) is 1.37. The van der Waals surface area contributed by atoms with Gasteiger partial charge < -0.3 is 4.52 Å². The molecular formula is C13H10BrN3O2. The molecule has 0 aliphatic heterocycles. The van der Waals surface area contributed by atoms with Crippen LogP contribution in [0.15, 0.2) is 44.4 Å². The first-order chi connectivity index (χ1) is 9.13. The lowest BCUT2D eigenvalue weighted by atomic mass is 10.2. The Bertz CT molecular complexity index is 807. The normalized spacial score (nSPS) is 11.1. The third kappa shape index (κ3) is 2.31. The summed E-state index contributed by atoms with van der Waals surface area (Å²) in [7, 11) is 0. The molecule has 2 heterocycles. The van der Waals surface area contributed by atoms with E-state index in [0.29, 0.717) is 23.2 Å². The smallest absolute Gasteiger partial charge is 0.261 e. The second kappa shape index (κ2) is 4.62. The van der Waals surface area contributed by atoms with E-state index in [2.05, 4.69) is 26.1 Å². The van der Waals surface area contributed by atoms with Crippen molar-refractivity contribution in [2.45, 2.75) is 13.5 Å². The second-order valence-corrected chi connectivity index (χ2v) is 5.19. The number of fused-ring (bicyclic) bond motifs is 1. The van der Waals surface area contributed by atoms with E-state index in [0.717, 1.165) is 10.2 Å². The standard InChI is InChI=1S/C13H10BrN3O2/c1-8-4-10(19-16-8)6-17-7-15-12-5-9(14)2-3-11(12)13(17)18/h2-5,7H,6H2,1H3. The number of aromatic nitrogens is 3. The number of rotatable bonds is 2. The van der Waals surface area contributed by atoms with Crippen molar-refractivity contribution >= 4 is 26.8 Å². The van der Waals surface area contributed by atoms with Gasteiger partial charge in [-0.25, -0.2) is 4.98 Å². The van der Waals surface area contributed by atoms with Crippen LogP contribution in [0, 0.1) is 6.92 Å². The van der Waals surface area contributed by atoms with Crippen molar-refractivity contribution in [2.24, 2.45) is 0 Å². The second-order valence-electron chi connectivity index (χ2n) is 4.27. The number of halogens is 1. The van der Waals surface area contributed by atoms with Gasteiger partial charge in [0.25, 0.3) is 5.56 Å². The summed E-state index contributed by atoms with van der Waals surface area (Å²) in [5.74, 6) is 0.637. The SMILES string of the molecule is Cc1cc(Cn2cnc3cc(Br)ccc3c2=O)on1. The van der Waals surface area contributed by atoms with Gasteiger partial charge in [0, 0.05) is 10.5 Å². The summed E-state index contributed by atoms with van der Waals surface area (Å²) >= 11 is 3.36. The van der Waals surface area contributed by atoms with E-state index in [1.165, 1.54) is 10.9 Å². The molecule has 0 atom stereocenters. The first kappa shape index (κ1) is 12.1. The first-order valence-corrected chi connectivity index (χ1v) is 6.50. The molecule has 0 aliphatic carbocycles. The van der Waals surface area contributed by atoms with Crippen molar-refractivity contribution in [3.63, 3.8) is 0 Å². The molecule has 0 saturated heterocycles. The predicted molar refractivity (Wildman–Crippen MR) is 74.0 cm³/mol. The van der Waals surface area contributed by atoms with Crippen molar-refractivity contribution in [1.82, 2.24) is 14.7 Å². The fourth-order valence-electron chi connectivity index (χ4n) is 1.90. The van der Waals surface area contributed by atoms with Crippen molar-refractivity contribution in [3.8, 4) is 0 Å². The number of benzene rings is 1. The van der Waals surface area contributed by atoms with Crippen molar-refractivity contribution in [3.05, 3.63) is 56.9 Å². The van der Waals surface area contributed by atoms with Gasteiger partial charge in [-0.3, -0.25) is 9.36 Å². The molecule has 2 aromatic heterocycles. The molecule has 0 bridgehead atoms. The molecule has 3 aromatic rings. The minimum Gasteiger partial charge on any atom is -0.359 e. The third-order valence-corrected chi connectivity index (χ3v) is 3.28. The maximum atomic E-state index is 12.3. The maximum Gasteiger partial charge on any atom is 0.261 e. The molecule has 0 spiro atoms. The third-order valence-electron chi connectivity index (χ3n) is 2.79. The topological polar surface area (TPSA) is 60.9 Å². The van der Waals surface area contributed by atoms with Crippen LogP contribution in [0.2, 0.25) is 0 Å². The highest BCUT2D eigenvalue weighted by atomic mass is 79.9. The van der Waals surface area contributed by atoms with Crippen LogP contribution < -0.4 is 5.56 Å². The molecule has 19 heavy (non-hydrogen) atoms. The van der Waals surface area contributed by atoms with Crippen LogP contribution in [0.4, 0.5) is 0 Å². The Labute approximate surface area is 117 Å². The zero-order chi connectivity index (χ0) is 13.4. The highest BCUT2D eigenvalue weighted by Crippen LogP contribution is 2.15. The summed E-state index contributed by atoms with van der Waals surface area (Å²) in [5, 5.41) is 4.38. The van der Waals surface area contributed by atoms with Crippen LogP contribution in [0.25, 0.3) is 10.9 Å². The summed E-state index contributed by atoms with van der Waals surface area (Å²) in [6.07, 6.45) is 1.52. The molecule has 0 radical (unpaired) electrons. The van der Waals surface area contributed by atoms with E-state index < -0.39 is 0 Å². The number of nitrogens with zero attached hydrogens (tertiary/aromatic N) is 3. The van der Waals surface area contributed by atoms with Crippen molar-refractivity contribution in [1.29, 1.82) is 0 Å². The highest BCUT2D eigenvalue weighted by molar-refractivity contribution is 9.10. The van der Waals surface area contributed by atoms with Crippen LogP contribution in [-0.4, -0.2) is 14.7 Å². The van der Waals surface area contributed by atoms with E-state index in [1.54, 1.807) is 12.1 Å². The molecule has 3 rings (SSSR count). The summed E-state index contributed by atoms with van der Waals surface area (Å²) < 4.78 is 7.52. The monoisotopic (exact) mass is 319 g/mol. The molecule has 0 saturated carbocycles. The molecular weight excluding hydrogens is 310 g/mol. The number of hydrogen-bond acceptors (Lipinski definition) is 4.